The van der Waals surface area contributed by atoms with Gasteiger partial charge in [-0.1, -0.05) is 35.3 Å². The summed E-state index contributed by atoms with van der Waals surface area (Å²) in [6.07, 6.45) is -0.823. The summed E-state index contributed by atoms with van der Waals surface area (Å²) in [7, 11) is 0. The second-order valence-electron chi connectivity index (χ2n) is 12.9. The van der Waals surface area contributed by atoms with Crippen molar-refractivity contribution in [2.75, 3.05) is 50.7 Å². The van der Waals surface area contributed by atoms with E-state index < -0.39 is 29.3 Å². The first-order chi connectivity index (χ1) is 22.4. The fraction of sp³-hybridized carbons (Fsp3) is 0.559. The van der Waals surface area contributed by atoms with Gasteiger partial charge in [-0.05, 0) is 119 Å². The summed E-state index contributed by atoms with van der Waals surface area (Å²) in [5, 5.41) is 3.22. The van der Waals surface area contributed by atoms with Gasteiger partial charge in [0.05, 0.1) is 10.0 Å². The van der Waals surface area contributed by atoms with E-state index in [-0.39, 0.29) is 57.0 Å². The van der Waals surface area contributed by atoms with Gasteiger partial charge in [-0.2, -0.15) is 13.2 Å². The van der Waals surface area contributed by atoms with Crippen molar-refractivity contribution in [2.45, 2.75) is 63.1 Å². The lowest BCUT2D eigenvalue weighted by molar-refractivity contribution is -0.181. The smallest absolute Gasteiger partial charge is 0.341 e. The first kappa shape index (κ1) is 35.6. The third-order valence-corrected chi connectivity index (χ3v) is 10.5. The molecule has 2 amide bonds. The third kappa shape index (κ3) is 8.47. The van der Waals surface area contributed by atoms with Gasteiger partial charge in [0.25, 0.3) is 11.7 Å². The number of amides is 2. The van der Waals surface area contributed by atoms with Gasteiger partial charge in [0.1, 0.15) is 5.82 Å². The Morgan fingerprint density at radius 1 is 0.936 bits per heavy atom. The minimum Gasteiger partial charge on any atom is -0.341 e. The van der Waals surface area contributed by atoms with Crippen LogP contribution in [0.5, 0.6) is 0 Å². The summed E-state index contributed by atoms with van der Waals surface area (Å²) in [6, 6.07) is 11.7. The lowest BCUT2D eigenvalue weighted by atomic mass is 9.87. The first-order valence-electron chi connectivity index (χ1n) is 16.3. The molecule has 2 aromatic rings. The summed E-state index contributed by atoms with van der Waals surface area (Å²) in [6.45, 7) is 3.40. The van der Waals surface area contributed by atoms with E-state index in [0.717, 1.165) is 44.5 Å². The number of hydrogen-bond acceptors (Lipinski definition) is 5. The summed E-state index contributed by atoms with van der Waals surface area (Å²) < 4.78 is 53.6. The molecule has 2 aromatic carbocycles. The maximum absolute atomic E-state index is 13.9. The van der Waals surface area contributed by atoms with Crippen molar-refractivity contribution >= 4 is 46.5 Å². The monoisotopic (exact) mass is 698 g/mol. The molecule has 1 atom stereocenters. The van der Waals surface area contributed by atoms with Gasteiger partial charge in [-0.15, -0.1) is 0 Å². The van der Waals surface area contributed by atoms with Crippen LogP contribution in [0, 0.1) is 17.7 Å². The van der Waals surface area contributed by atoms with E-state index >= 15 is 0 Å². The van der Waals surface area contributed by atoms with Gasteiger partial charge in [-0.3, -0.25) is 19.7 Å². The molecule has 0 saturated carbocycles. The van der Waals surface area contributed by atoms with Crippen molar-refractivity contribution in [3.8, 4) is 0 Å². The number of rotatable bonds is 10. The Morgan fingerprint density at radius 2 is 1.62 bits per heavy atom. The highest BCUT2D eigenvalue weighted by molar-refractivity contribution is 6.42. The fourth-order valence-corrected chi connectivity index (χ4v) is 7.41. The van der Waals surface area contributed by atoms with Gasteiger partial charge in [-0.25, -0.2) is 4.39 Å². The topological polar surface area (TPSA) is 73.0 Å². The molecule has 0 unspecified atom stereocenters. The number of likely N-dealkylation sites (tertiary alicyclic amines) is 2. The predicted molar refractivity (Wildman–Crippen MR) is 173 cm³/mol. The number of halogens is 6. The fourth-order valence-electron chi connectivity index (χ4n) is 7.12. The quantitative estimate of drug-likeness (QED) is 0.233. The van der Waals surface area contributed by atoms with Crippen LogP contribution in [0.4, 0.5) is 23.2 Å². The molecule has 3 saturated heterocycles. The van der Waals surface area contributed by atoms with Crippen LogP contribution in [0.25, 0.3) is 0 Å². The number of anilines is 1. The number of piperidine rings is 2. The molecule has 47 heavy (non-hydrogen) atoms. The SMILES string of the molecule is O=C(C1CCN(C(=O)[C@@]2(C(=O)C(F)(F)F)CCCN2)CC1)N(CCCN1CCC(Cc2ccc(F)cc2)CC1)c1ccc(Cl)c(Cl)c1. The normalized spacial score (nSPS) is 21.6. The number of ketones is 1. The van der Waals surface area contributed by atoms with Gasteiger partial charge in [0.15, 0.2) is 5.54 Å². The minimum absolute atomic E-state index is 0.0753. The molecule has 13 heteroatoms. The van der Waals surface area contributed by atoms with Gasteiger partial charge in [0.2, 0.25) is 5.91 Å². The molecule has 0 aromatic heterocycles. The van der Waals surface area contributed by atoms with Gasteiger partial charge >= 0.3 is 6.18 Å². The van der Waals surface area contributed by atoms with Crippen LogP contribution >= 0.6 is 23.2 Å². The molecule has 3 aliphatic heterocycles. The summed E-state index contributed by atoms with van der Waals surface area (Å²) in [4.78, 5) is 45.0. The van der Waals surface area contributed by atoms with Crippen LogP contribution < -0.4 is 10.2 Å². The Balaban J connectivity index is 1.17. The number of hydrogen-bond donors (Lipinski definition) is 1. The van der Waals surface area contributed by atoms with E-state index in [4.69, 9.17) is 23.2 Å². The van der Waals surface area contributed by atoms with Crippen molar-refractivity contribution < 1.29 is 31.9 Å². The van der Waals surface area contributed by atoms with Crippen LogP contribution in [-0.4, -0.2) is 84.9 Å². The lowest BCUT2D eigenvalue weighted by Gasteiger charge is -2.39. The van der Waals surface area contributed by atoms with Crippen molar-refractivity contribution in [3.05, 3.63) is 63.9 Å². The van der Waals surface area contributed by atoms with E-state index in [1.807, 2.05) is 12.1 Å². The lowest BCUT2D eigenvalue weighted by Crippen LogP contribution is -2.64. The highest BCUT2D eigenvalue weighted by Gasteiger charge is 2.59. The molecule has 0 bridgehead atoms. The van der Waals surface area contributed by atoms with E-state index in [1.165, 1.54) is 17.0 Å². The van der Waals surface area contributed by atoms with Crippen molar-refractivity contribution in [2.24, 2.45) is 11.8 Å². The zero-order valence-corrected chi connectivity index (χ0v) is 27.6. The second kappa shape index (κ2) is 15.2. The average Bonchev–Trinajstić information content (AvgIpc) is 3.56. The Labute approximate surface area is 282 Å². The molecular weight excluding hydrogens is 659 g/mol. The molecule has 7 nitrogen and oxygen atoms in total. The van der Waals surface area contributed by atoms with Crippen molar-refractivity contribution in [3.63, 3.8) is 0 Å². The summed E-state index contributed by atoms with van der Waals surface area (Å²) in [5.41, 5.74) is -0.553. The Hall–Kier alpha value is -2.73. The number of benzene rings is 2. The van der Waals surface area contributed by atoms with Crippen LogP contribution in [0.2, 0.25) is 10.0 Å². The Kier molecular flexibility index (Phi) is 11.5. The molecule has 1 N–H and O–H groups in total. The van der Waals surface area contributed by atoms with Crippen LogP contribution in [0.1, 0.15) is 50.5 Å². The zero-order valence-electron chi connectivity index (χ0n) is 26.1. The number of nitrogens with zero attached hydrogens (tertiary/aromatic N) is 3. The maximum atomic E-state index is 13.9. The Morgan fingerprint density at radius 3 is 2.21 bits per heavy atom. The molecule has 256 valence electrons. The summed E-state index contributed by atoms with van der Waals surface area (Å²) in [5.74, 6) is -3.23. The largest absolute Gasteiger partial charge is 0.452 e. The zero-order chi connectivity index (χ0) is 33.8. The van der Waals surface area contributed by atoms with E-state index in [0.29, 0.717) is 34.6 Å². The van der Waals surface area contributed by atoms with Crippen LogP contribution in [0.3, 0.4) is 0 Å². The number of carbonyl (C=O) groups excluding carboxylic acids is 3. The molecule has 3 fully saturated rings. The van der Waals surface area contributed by atoms with Gasteiger partial charge < -0.3 is 14.7 Å². The predicted octanol–water partition coefficient (Wildman–Crippen LogP) is 6.30. The van der Waals surface area contributed by atoms with E-state index in [9.17, 15) is 31.9 Å². The molecule has 0 spiro atoms. The molecule has 3 aliphatic rings. The van der Waals surface area contributed by atoms with E-state index in [1.54, 1.807) is 23.1 Å². The van der Waals surface area contributed by atoms with Crippen molar-refractivity contribution in [1.82, 2.24) is 15.1 Å². The van der Waals surface area contributed by atoms with Gasteiger partial charge in [0, 0.05) is 31.2 Å². The Bertz CT molecular complexity index is 1420. The number of alkyl halides is 3. The molecule has 0 aliphatic carbocycles. The average molecular weight is 700 g/mol. The van der Waals surface area contributed by atoms with Crippen LogP contribution in [-0.2, 0) is 20.8 Å². The molecule has 0 radical (unpaired) electrons. The molecular formula is C34H40Cl2F4N4O3. The van der Waals surface area contributed by atoms with Crippen molar-refractivity contribution in [1.29, 1.82) is 0 Å². The molecule has 5 rings (SSSR count). The maximum Gasteiger partial charge on any atom is 0.452 e. The third-order valence-electron chi connectivity index (χ3n) is 9.78. The number of Topliss-reactive ketones (excluding diaryl/α,β-unsaturated/α-hetero) is 1. The summed E-state index contributed by atoms with van der Waals surface area (Å²) >= 11 is 12.5. The highest BCUT2D eigenvalue weighted by Crippen LogP contribution is 2.34. The first-order valence-corrected chi connectivity index (χ1v) is 17.0. The molecule has 3 heterocycles. The standard InChI is InChI=1S/C34H40Cl2F4N4O3/c35-28-8-7-27(22-29(28)36)44(16-2-15-42-17-9-24(10-18-42)21-23-3-5-26(37)6-4-23)30(45)25-11-19-43(20-12-25)32(47)33(13-1-14-41-33)31(46)34(38,39)40/h3-8,22,24-25,41H,1-2,9-21H2/t33-/m0/s1. The second-order valence-corrected chi connectivity index (χ2v) is 13.7. The number of carbonyl (C=O) groups is 3. The van der Waals surface area contributed by atoms with E-state index in [2.05, 4.69) is 10.2 Å². The minimum atomic E-state index is -5.14. The van der Waals surface area contributed by atoms with Crippen LogP contribution in [0.15, 0.2) is 42.5 Å². The number of nitrogens with one attached hydrogen (secondary N) is 1. The highest BCUT2D eigenvalue weighted by atomic mass is 35.5.